The van der Waals surface area contributed by atoms with Crippen LogP contribution in [0.15, 0.2) is 71.9 Å². The Labute approximate surface area is 226 Å². The highest BCUT2D eigenvalue weighted by molar-refractivity contribution is 14.1. The van der Waals surface area contributed by atoms with Crippen molar-refractivity contribution >= 4 is 28.3 Å². The van der Waals surface area contributed by atoms with Crippen LogP contribution in [0.4, 0.5) is 4.39 Å². The van der Waals surface area contributed by atoms with Gasteiger partial charge in [0.05, 0.1) is 23.5 Å². The molecule has 0 spiro atoms. The van der Waals surface area contributed by atoms with E-state index in [1.807, 2.05) is 36.4 Å². The standard InChI is InChI=1S/C29H32FIN2O3/c1-34-27-19-26(31)28(35-2)18-24(27)14-17-33-15-12-23(13-16-33)29(22-8-10-25(30)11-9-22)32-36-20-21-6-4-3-5-7-21/h3-11,18-19,23H,12-17,20H2,1-2H3/b32-29-. The highest BCUT2D eigenvalue weighted by atomic mass is 127. The molecular weight excluding hydrogens is 570 g/mol. The lowest BCUT2D eigenvalue weighted by Crippen LogP contribution is -2.37. The Hall–Kier alpha value is -2.65. The van der Waals surface area contributed by atoms with E-state index in [1.54, 1.807) is 26.4 Å². The molecule has 0 unspecified atom stereocenters. The minimum Gasteiger partial charge on any atom is -0.496 e. The Bertz CT molecular complexity index is 1150. The number of benzene rings is 3. The number of methoxy groups -OCH3 is 2. The van der Waals surface area contributed by atoms with E-state index in [0.29, 0.717) is 6.61 Å². The fourth-order valence-corrected chi connectivity index (χ4v) is 5.22. The Morgan fingerprint density at radius 1 is 0.972 bits per heavy atom. The average molecular weight is 602 g/mol. The minimum atomic E-state index is -0.249. The summed E-state index contributed by atoms with van der Waals surface area (Å²) >= 11 is 2.27. The first-order chi connectivity index (χ1) is 17.6. The van der Waals surface area contributed by atoms with Crippen LogP contribution in [0.2, 0.25) is 0 Å². The molecule has 0 saturated carbocycles. The van der Waals surface area contributed by atoms with E-state index in [0.717, 1.165) is 76.4 Å². The molecule has 190 valence electrons. The normalized spacial score (nSPS) is 15.1. The van der Waals surface area contributed by atoms with Crippen molar-refractivity contribution in [3.8, 4) is 11.5 Å². The van der Waals surface area contributed by atoms with Gasteiger partial charge in [0.1, 0.15) is 23.9 Å². The maximum absolute atomic E-state index is 13.6. The van der Waals surface area contributed by atoms with Crippen molar-refractivity contribution in [2.75, 3.05) is 33.9 Å². The van der Waals surface area contributed by atoms with Crippen LogP contribution >= 0.6 is 22.6 Å². The van der Waals surface area contributed by atoms with E-state index in [1.165, 1.54) is 12.1 Å². The molecular formula is C29H32FIN2O3. The third-order valence-corrected chi connectivity index (χ3v) is 7.45. The Kier molecular flexibility index (Phi) is 9.58. The molecule has 5 nitrogen and oxygen atoms in total. The number of hydrogen-bond donors (Lipinski definition) is 0. The molecule has 3 aromatic rings. The van der Waals surface area contributed by atoms with Crippen molar-refractivity contribution in [1.82, 2.24) is 4.90 Å². The summed E-state index contributed by atoms with van der Waals surface area (Å²) in [4.78, 5) is 8.24. The number of hydrogen-bond acceptors (Lipinski definition) is 5. The summed E-state index contributed by atoms with van der Waals surface area (Å²) in [5.74, 6) is 1.79. The molecule has 0 amide bonds. The van der Waals surface area contributed by atoms with E-state index in [4.69, 9.17) is 14.3 Å². The quantitative estimate of drug-likeness (QED) is 0.155. The van der Waals surface area contributed by atoms with Crippen LogP contribution in [0, 0.1) is 15.3 Å². The van der Waals surface area contributed by atoms with Gasteiger partial charge in [-0.2, -0.15) is 0 Å². The lowest BCUT2D eigenvalue weighted by Gasteiger charge is -2.32. The van der Waals surface area contributed by atoms with Gasteiger partial charge in [0.25, 0.3) is 0 Å². The second-order valence-electron chi connectivity index (χ2n) is 8.91. The van der Waals surface area contributed by atoms with E-state index < -0.39 is 0 Å². The second kappa shape index (κ2) is 13.1. The third kappa shape index (κ3) is 6.97. The Morgan fingerprint density at radius 2 is 1.67 bits per heavy atom. The molecule has 1 heterocycles. The van der Waals surface area contributed by atoms with Gasteiger partial charge in [0.2, 0.25) is 0 Å². The summed E-state index contributed by atoms with van der Waals surface area (Å²) in [6.07, 6.45) is 2.83. The smallest absolute Gasteiger partial charge is 0.142 e. The molecule has 36 heavy (non-hydrogen) atoms. The summed E-state index contributed by atoms with van der Waals surface area (Å²) in [6.45, 7) is 3.28. The summed E-state index contributed by atoms with van der Waals surface area (Å²) in [6, 6.07) is 20.7. The topological polar surface area (TPSA) is 43.3 Å². The zero-order valence-electron chi connectivity index (χ0n) is 20.8. The number of rotatable bonds is 10. The zero-order valence-corrected chi connectivity index (χ0v) is 22.9. The maximum atomic E-state index is 13.6. The summed E-state index contributed by atoms with van der Waals surface area (Å²) < 4.78 is 25.7. The predicted molar refractivity (Wildman–Crippen MR) is 149 cm³/mol. The molecule has 1 fully saturated rings. The molecule has 7 heteroatoms. The van der Waals surface area contributed by atoms with Crippen LogP contribution in [0.5, 0.6) is 11.5 Å². The molecule has 1 aliphatic heterocycles. The van der Waals surface area contributed by atoms with Crippen LogP contribution in [-0.4, -0.2) is 44.5 Å². The van der Waals surface area contributed by atoms with Crippen molar-refractivity contribution in [1.29, 1.82) is 0 Å². The Balaban J connectivity index is 1.39. The predicted octanol–water partition coefficient (Wildman–Crippen LogP) is 6.32. The molecule has 1 aliphatic rings. The van der Waals surface area contributed by atoms with Gasteiger partial charge >= 0.3 is 0 Å². The zero-order chi connectivity index (χ0) is 25.3. The SMILES string of the molecule is COc1cc(CCN2CCC(/C(=N\OCc3ccccc3)c3ccc(F)cc3)CC2)c(OC)cc1I. The number of likely N-dealkylation sites (tertiary alicyclic amines) is 1. The molecule has 0 aliphatic carbocycles. The largest absolute Gasteiger partial charge is 0.496 e. The highest BCUT2D eigenvalue weighted by Crippen LogP contribution is 2.31. The van der Waals surface area contributed by atoms with Gasteiger partial charge in [-0.1, -0.05) is 47.6 Å². The summed E-state index contributed by atoms with van der Waals surface area (Å²) in [7, 11) is 3.41. The minimum absolute atomic E-state index is 0.249. The number of piperidine rings is 1. The van der Waals surface area contributed by atoms with Gasteiger partial charge in [0.15, 0.2) is 0 Å². The fraction of sp³-hybridized carbons (Fsp3) is 0.345. The van der Waals surface area contributed by atoms with Crippen LogP contribution in [0.1, 0.15) is 29.5 Å². The first-order valence-corrected chi connectivity index (χ1v) is 13.3. The molecule has 1 saturated heterocycles. The lowest BCUT2D eigenvalue weighted by atomic mass is 9.88. The van der Waals surface area contributed by atoms with Crippen LogP contribution < -0.4 is 9.47 Å². The van der Waals surface area contributed by atoms with Crippen molar-refractivity contribution in [3.05, 3.63) is 92.8 Å². The molecule has 0 aromatic heterocycles. The van der Waals surface area contributed by atoms with E-state index in [-0.39, 0.29) is 11.7 Å². The molecule has 0 N–H and O–H groups in total. The van der Waals surface area contributed by atoms with Gasteiger partial charge in [-0.25, -0.2) is 4.39 Å². The van der Waals surface area contributed by atoms with Gasteiger partial charge in [-0.05, 0) is 95.9 Å². The van der Waals surface area contributed by atoms with Gasteiger partial charge < -0.3 is 19.2 Å². The average Bonchev–Trinajstić information content (AvgIpc) is 2.92. The van der Waals surface area contributed by atoms with E-state index in [2.05, 4.69) is 38.7 Å². The number of halogens is 2. The monoisotopic (exact) mass is 602 g/mol. The van der Waals surface area contributed by atoms with Gasteiger partial charge in [-0.15, -0.1) is 0 Å². The molecule has 3 aromatic carbocycles. The molecule has 0 radical (unpaired) electrons. The number of oxime groups is 1. The van der Waals surface area contributed by atoms with Gasteiger partial charge in [0, 0.05) is 12.5 Å². The number of nitrogens with zero attached hydrogens (tertiary/aromatic N) is 2. The Morgan fingerprint density at radius 3 is 2.33 bits per heavy atom. The van der Waals surface area contributed by atoms with Crippen LogP contribution in [0.3, 0.4) is 0 Å². The maximum Gasteiger partial charge on any atom is 0.142 e. The first-order valence-electron chi connectivity index (χ1n) is 12.2. The van der Waals surface area contributed by atoms with Gasteiger partial charge in [-0.3, -0.25) is 0 Å². The van der Waals surface area contributed by atoms with E-state index >= 15 is 0 Å². The number of ether oxygens (including phenoxy) is 2. The van der Waals surface area contributed by atoms with E-state index in [9.17, 15) is 4.39 Å². The van der Waals surface area contributed by atoms with Crippen molar-refractivity contribution < 1.29 is 18.7 Å². The second-order valence-corrected chi connectivity index (χ2v) is 10.1. The fourth-order valence-electron chi connectivity index (χ4n) is 4.56. The van der Waals surface area contributed by atoms with Crippen molar-refractivity contribution in [2.24, 2.45) is 11.1 Å². The molecule has 4 rings (SSSR count). The van der Waals surface area contributed by atoms with Crippen molar-refractivity contribution in [3.63, 3.8) is 0 Å². The summed E-state index contributed by atoms with van der Waals surface area (Å²) in [5, 5.41) is 4.56. The van der Waals surface area contributed by atoms with Crippen molar-refractivity contribution in [2.45, 2.75) is 25.9 Å². The van der Waals surface area contributed by atoms with Crippen LogP contribution in [-0.2, 0) is 17.9 Å². The highest BCUT2D eigenvalue weighted by Gasteiger charge is 2.25. The lowest BCUT2D eigenvalue weighted by molar-refractivity contribution is 0.127. The molecule has 0 atom stereocenters. The van der Waals surface area contributed by atoms with Crippen LogP contribution in [0.25, 0.3) is 0 Å². The third-order valence-electron chi connectivity index (χ3n) is 6.60. The summed E-state index contributed by atoms with van der Waals surface area (Å²) in [5.41, 5.74) is 4.03. The first kappa shape index (κ1) is 26.4. The molecule has 0 bridgehead atoms.